The molecule has 0 bridgehead atoms. The smallest absolute Gasteiger partial charge is 0.356 e. The number of carboxylic acids is 1. The summed E-state index contributed by atoms with van der Waals surface area (Å²) in [6.45, 7) is 0. The number of benzene rings is 1. The van der Waals surface area contributed by atoms with Crippen molar-refractivity contribution < 1.29 is 23.2 Å². The zero-order valence-corrected chi connectivity index (χ0v) is 11.4. The Labute approximate surface area is 118 Å². The number of rotatable bonds is 4. The van der Waals surface area contributed by atoms with Crippen molar-refractivity contribution in [2.45, 2.75) is 4.90 Å². The highest BCUT2D eigenvalue weighted by Crippen LogP contribution is 2.30. The van der Waals surface area contributed by atoms with Crippen molar-refractivity contribution in [2.24, 2.45) is 0 Å². The molecule has 2 aromatic rings. The Hall–Kier alpha value is -2.75. The SMILES string of the molecule is CS(=O)(=O)c1cccc(-n2ccc(C(=O)O)n2)c1[N+](=O)[O-]. The quantitative estimate of drug-likeness (QED) is 0.654. The van der Waals surface area contributed by atoms with Crippen LogP contribution in [0.5, 0.6) is 0 Å². The van der Waals surface area contributed by atoms with Gasteiger partial charge in [0, 0.05) is 12.5 Å². The summed E-state index contributed by atoms with van der Waals surface area (Å²) in [5.41, 5.74) is -1.09. The summed E-state index contributed by atoms with van der Waals surface area (Å²) in [6.07, 6.45) is 2.06. The third-order valence-corrected chi connectivity index (χ3v) is 3.74. The number of hydrogen-bond donors (Lipinski definition) is 1. The van der Waals surface area contributed by atoms with Crippen LogP contribution in [0.15, 0.2) is 35.4 Å². The number of aromatic nitrogens is 2. The van der Waals surface area contributed by atoms with Gasteiger partial charge in [0.05, 0.1) is 4.92 Å². The molecular formula is C11H9N3O6S. The molecule has 0 aliphatic heterocycles. The van der Waals surface area contributed by atoms with E-state index in [0.29, 0.717) is 0 Å². The number of carboxylic acid groups (broad SMARTS) is 1. The van der Waals surface area contributed by atoms with Crippen LogP contribution in [0.25, 0.3) is 5.69 Å². The predicted molar refractivity (Wildman–Crippen MR) is 70.3 cm³/mol. The molecule has 0 fully saturated rings. The fourth-order valence-electron chi connectivity index (χ4n) is 1.75. The van der Waals surface area contributed by atoms with Crippen LogP contribution in [0.4, 0.5) is 5.69 Å². The van der Waals surface area contributed by atoms with Crippen molar-refractivity contribution in [3.63, 3.8) is 0 Å². The van der Waals surface area contributed by atoms with E-state index in [1.54, 1.807) is 0 Å². The first-order valence-corrected chi connectivity index (χ1v) is 7.38. The topological polar surface area (TPSA) is 132 Å². The van der Waals surface area contributed by atoms with Crippen molar-refractivity contribution in [3.05, 3.63) is 46.3 Å². The maximum atomic E-state index is 11.6. The van der Waals surface area contributed by atoms with Gasteiger partial charge in [-0.15, -0.1) is 0 Å². The van der Waals surface area contributed by atoms with E-state index in [1.807, 2.05) is 0 Å². The molecule has 0 amide bonds. The van der Waals surface area contributed by atoms with Crippen molar-refractivity contribution in [1.82, 2.24) is 9.78 Å². The number of nitrogens with zero attached hydrogens (tertiary/aromatic N) is 3. The van der Waals surface area contributed by atoms with Crippen molar-refractivity contribution >= 4 is 21.5 Å². The van der Waals surface area contributed by atoms with Crippen LogP contribution < -0.4 is 0 Å². The summed E-state index contributed by atoms with van der Waals surface area (Å²) in [7, 11) is -3.82. The van der Waals surface area contributed by atoms with Gasteiger partial charge in [-0.3, -0.25) is 10.1 Å². The van der Waals surface area contributed by atoms with Gasteiger partial charge in [-0.25, -0.2) is 17.9 Å². The van der Waals surface area contributed by atoms with Gasteiger partial charge in [0.25, 0.3) is 0 Å². The lowest BCUT2D eigenvalue weighted by Gasteiger charge is -2.06. The van der Waals surface area contributed by atoms with Crippen molar-refractivity contribution in [1.29, 1.82) is 0 Å². The molecule has 1 heterocycles. The maximum absolute atomic E-state index is 11.6. The van der Waals surface area contributed by atoms with Crippen LogP contribution in [0.1, 0.15) is 10.5 Å². The summed E-state index contributed by atoms with van der Waals surface area (Å²) in [5, 5.41) is 23.7. The first-order valence-electron chi connectivity index (χ1n) is 5.48. The Bertz CT molecular complexity index is 839. The van der Waals surface area contributed by atoms with E-state index >= 15 is 0 Å². The standard InChI is InChI=1S/C11H9N3O6S/c1-21(19,20)9-4-2-3-8(10(9)14(17)18)13-6-5-7(12-13)11(15)16/h2-6H,1H3,(H,15,16). The van der Waals surface area contributed by atoms with E-state index in [4.69, 9.17) is 5.11 Å². The van der Waals surface area contributed by atoms with E-state index < -0.39 is 31.3 Å². The second-order valence-corrected chi connectivity index (χ2v) is 6.09. The van der Waals surface area contributed by atoms with E-state index in [9.17, 15) is 23.3 Å². The normalized spacial score (nSPS) is 11.3. The lowest BCUT2D eigenvalue weighted by molar-refractivity contribution is -0.387. The number of nitro groups is 1. The minimum Gasteiger partial charge on any atom is -0.476 e. The van der Waals surface area contributed by atoms with E-state index in [2.05, 4.69) is 5.10 Å². The molecule has 0 saturated carbocycles. The molecule has 1 aromatic heterocycles. The minimum absolute atomic E-state index is 0.129. The van der Waals surface area contributed by atoms with Crippen LogP contribution in [0, 0.1) is 10.1 Å². The molecule has 0 unspecified atom stereocenters. The Morgan fingerprint density at radius 2 is 2.05 bits per heavy atom. The Balaban J connectivity index is 2.74. The minimum atomic E-state index is -3.82. The molecule has 0 atom stereocenters. The zero-order chi connectivity index (χ0) is 15.8. The molecule has 0 aliphatic carbocycles. The third-order valence-electron chi connectivity index (χ3n) is 2.61. The molecule has 0 aliphatic rings. The van der Waals surface area contributed by atoms with Gasteiger partial charge in [-0.2, -0.15) is 5.10 Å². The van der Waals surface area contributed by atoms with Crippen LogP contribution >= 0.6 is 0 Å². The van der Waals surface area contributed by atoms with Crippen LogP contribution in [-0.2, 0) is 9.84 Å². The molecule has 1 N–H and O–H groups in total. The number of nitro benzene ring substituents is 1. The Morgan fingerprint density at radius 1 is 1.38 bits per heavy atom. The second kappa shape index (κ2) is 4.98. The molecule has 0 saturated heterocycles. The molecule has 0 spiro atoms. The molecule has 0 radical (unpaired) electrons. The van der Waals surface area contributed by atoms with E-state index in [1.165, 1.54) is 18.3 Å². The predicted octanol–water partition coefficient (Wildman–Crippen LogP) is 0.882. The molecular weight excluding hydrogens is 302 g/mol. The summed E-state index contributed by atoms with van der Waals surface area (Å²) in [5.74, 6) is -1.30. The number of aromatic carboxylic acids is 1. The molecule has 21 heavy (non-hydrogen) atoms. The van der Waals surface area contributed by atoms with Gasteiger partial charge in [0.2, 0.25) is 0 Å². The van der Waals surface area contributed by atoms with Gasteiger partial charge in [-0.05, 0) is 18.2 Å². The van der Waals surface area contributed by atoms with Gasteiger partial charge >= 0.3 is 11.7 Å². The molecule has 110 valence electrons. The number of para-hydroxylation sites is 1. The van der Waals surface area contributed by atoms with Gasteiger partial charge in [-0.1, -0.05) is 6.07 Å². The number of carbonyl (C=O) groups is 1. The van der Waals surface area contributed by atoms with Gasteiger partial charge < -0.3 is 5.11 Å². The summed E-state index contributed by atoms with van der Waals surface area (Å²) < 4.78 is 24.2. The maximum Gasteiger partial charge on any atom is 0.356 e. The summed E-state index contributed by atoms with van der Waals surface area (Å²) in [4.78, 5) is 20.7. The Kier molecular flexibility index (Phi) is 3.47. The summed E-state index contributed by atoms with van der Waals surface area (Å²) in [6, 6.07) is 4.87. The molecule has 2 rings (SSSR count). The zero-order valence-electron chi connectivity index (χ0n) is 10.6. The van der Waals surface area contributed by atoms with Gasteiger partial charge in [0.15, 0.2) is 15.5 Å². The highest BCUT2D eigenvalue weighted by molar-refractivity contribution is 7.90. The van der Waals surface area contributed by atoms with Crippen molar-refractivity contribution in [3.8, 4) is 5.69 Å². The highest BCUT2D eigenvalue weighted by atomic mass is 32.2. The average Bonchev–Trinajstić information content (AvgIpc) is 2.86. The molecule has 9 nitrogen and oxygen atoms in total. The fraction of sp³-hybridized carbons (Fsp3) is 0.0909. The lowest BCUT2D eigenvalue weighted by Crippen LogP contribution is -2.08. The molecule has 1 aromatic carbocycles. The van der Waals surface area contributed by atoms with Crippen molar-refractivity contribution in [2.75, 3.05) is 6.26 Å². The third kappa shape index (κ3) is 2.74. The fourth-order valence-corrected chi connectivity index (χ4v) is 2.61. The number of hydrogen-bond acceptors (Lipinski definition) is 6. The highest BCUT2D eigenvalue weighted by Gasteiger charge is 2.27. The van der Waals surface area contributed by atoms with E-state index in [-0.39, 0.29) is 11.4 Å². The molecule has 10 heteroatoms. The monoisotopic (exact) mass is 311 g/mol. The number of sulfone groups is 1. The lowest BCUT2D eigenvalue weighted by atomic mass is 10.2. The average molecular weight is 311 g/mol. The Morgan fingerprint density at radius 3 is 2.52 bits per heavy atom. The second-order valence-electron chi connectivity index (χ2n) is 4.10. The van der Waals surface area contributed by atoms with Crippen LogP contribution in [0.2, 0.25) is 0 Å². The summed E-state index contributed by atoms with van der Waals surface area (Å²) >= 11 is 0. The van der Waals surface area contributed by atoms with E-state index in [0.717, 1.165) is 23.1 Å². The van der Waals surface area contributed by atoms with Crippen LogP contribution in [-0.4, -0.2) is 40.5 Å². The first-order chi connectivity index (χ1) is 9.71. The van der Waals surface area contributed by atoms with Crippen LogP contribution in [0.3, 0.4) is 0 Å². The van der Waals surface area contributed by atoms with Gasteiger partial charge in [0.1, 0.15) is 10.6 Å². The first kappa shape index (κ1) is 14.7. The largest absolute Gasteiger partial charge is 0.476 e.